The highest BCUT2D eigenvalue weighted by atomic mass is 32.2. The molecule has 0 amide bonds. The minimum Gasteiger partial charge on any atom is -0.371 e. The zero-order valence-corrected chi connectivity index (χ0v) is 16.1. The summed E-state index contributed by atoms with van der Waals surface area (Å²) in [7, 11) is -3.22. The second kappa shape index (κ2) is 6.98. The van der Waals surface area contributed by atoms with Gasteiger partial charge in [0.25, 0.3) is 0 Å². The van der Waals surface area contributed by atoms with Gasteiger partial charge in [0.15, 0.2) is 9.84 Å². The number of hydrogen-bond acceptors (Lipinski definition) is 5. The van der Waals surface area contributed by atoms with E-state index in [4.69, 9.17) is 4.99 Å². The quantitative estimate of drug-likeness (QED) is 0.758. The van der Waals surface area contributed by atoms with Crippen molar-refractivity contribution >= 4 is 27.0 Å². The molecule has 2 aromatic rings. The molecule has 1 spiro atoms. The highest BCUT2D eigenvalue weighted by molar-refractivity contribution is 7.90. The molecule has 0 aliphatic carbocycles. The molecular formula is C20H24N4O2S. The Labute approximate surface area is 160 Å². The maximum absolute atomic E-state index is 11.8. The number of hydrogen-bond donors (Lipinski definition) is 3. The number of piperidine rings is 1. The van der Waals surface area contributed by atoms with E-state index >= 15 is 0 Å². The lowest BCUT2D eigenvalue weighted by atomic mass is 9.84. The van der Waals surface area contributed by atoms with Crippen LogP contribution in [0.25, 0.3) is 0 Å². The molecule has 0 unspecified atom stereocenters. The Morgan fingerprint density at radius 3 is 2.52 bits per heavy atom. The van der Waals surface area contributed by atoms with E-state index in [0.29, 0.717) is 11.4 Å². The third-order valence-electron chi connectivity index (χ3n) is 5.21. The zero-order valence-electron chi connectivity index (χ0n) is 15.3. The third-order valence-corrected chi connectivity index (χ3v) is 6.32. The normalized spacial score (nSPS) is 20.0. The van der Waals surface area contributed by atoms with Crippen molar-refractivity contribution in [1.82, 2.24) is 5.32 Å². The first-order chi connectivity index (χ1) is 13.0. The van der Waals surface area contributed by atoms with E-state index in [0.717, 1.165) is 48.7 Å². The van der Waals surface area contributed by atoms with Gasteiger partial charge in [0, 0.05) is 6.26 Å². The highest BCUT2D eigenvalue weighted by Crippen LogP contribution is 2.35. The van der Waals surface area contributed by atoms with E-state index in [1.165, 1.54) is 6.26 Å². The van der Waals surface area contributed by atoms with E-state index in [9.17, 15) is 8.42 Å². The predicted molar refractivity (Wildman–Crippen MR) is 109 cm³/mol. The maximum Gasteiger partial charge on any atom is 0.175 e. The molecule has 2 heterocycles. The van der Waals surface area contributed by atoms with Gasteiger partial charge in [-0.3, -0.25) is 4.99 Å². The van der Waals surface area contributed by atoms with E-state index in [-0.39, 0.29) is 5.54 Å². The Morgan fingerprint density at radius 1 is 1.04 bits per heavy atom. The summed E-state index contributed by atoms with van der Waals surface area (Å²) in [5.74, 6) is 0.924. The molecule has 0 aromatic heterocycles. The fraction of sp³-hybridized carbons (Fsp3) is 0.350. The lowest BCUT2D eigenvalue weighted by molar-refractivity contribution is 0.419. The molecule has 0 saturated carbocycles. The van der Waals surface area contributed by atoms with Crippen LogP contribution in [0.3, 0.4) is 0 Å². The number of anilines is 2. The van der Waals surface area contributed by atoms with Crippen LogP contribution in [-0.4, -0.2) is 39.1 Å². The van der Waals surface area contributed by atoms with Crippen molar-refractivity contribution in [3.63, 3.8) is 0 Å². The SMILES string of the molecule is CS(=O)(=O)c1cccc(CN=C2Nc3ccccc3NC23CCNCC3)c1. The van der Waals surface area contributed by atoms with Crippen molar-refractivity contribution in [2.24, 2.45) is 4.99 Å². The van der Waals surface area contributed by atoms with Gasteiger partial charge in [-0.25, -0.2) is 8.42 Å². The van der Waals surface area contributed by atoms with Crippen LogP contribution in [-0.2, 0) is 16.4 Å². The van der Waals surface area contributed by atoms with Crippen molar-refractivity contribution in [2.75, 3.05) is 30.0 Å². The number of amidine groups is 1. The van der Waals surface area contributed by atoms with E-state index in [2.05, 4.69) is 22.0 Å². The largest absolute Gasteiger partial charge is 0.371 e. The molecule has 0 bridgehead atoms. The molecule has 2 aliphatic rings. The number of benzene rings is 2. The molecular weight excluding hydrogens is 360 g/mol. The molecule has 3 N–H and O–H groups in total. The Kier molecular flexibility index (Phi) is 4.65. The van der Waals surface area contributed by atoms with Gasteiger partial charge < -0.3 is 16.0 Å². The Bertz CT molecular complexity index is 979. The number of para-hydroxylation sites is 2. The van der Waals surface area contributed by atoms with Gasteiger partial charge in [-0.2, -0.15) is 0 Å². The highest BCUT2D eigenvalue weighted by Gasteiger charge is 2.40. The molecule has 0 atom stereocenters. The summed E-state index contributed by atoms with van der Waals surface area (Å²) in [6.07, 6.45) is 3.11. The van der Waals surface area contributed by atoms with Crippen LogP contribution in [0.2, 0.25) is 0 Å². The number of aliphatic imine (C=N–C) groups is 1. The third kappa shape index (κ3) is 3.70. The molecule has 6 nitrogen and oxygen atoms in total. The first-order valence-corrected chi connectivity index (χ1v) is 11.0. The topological polar surface area (TPSA) is 82.6 Å². The number of sulfone groups is 1. The summed E-state index contributed by atoms with van der Waals surface area (Å²) >= 11 is 0. The Morgan fingerprint density at radius 2 is 1.78 bits per heavy atom. The van der Waals surface area contributed by atoms with Crippen molar-refractivity contribution in [2.45, 2.75) is 29.8 Å². The van der Waals surface area contributed by atoms with Crippen LogP contribution in [0, 0.1) is 0 Å². The minimum absolute atomic E-state index is 0.214. The minimum atomic E-state index is -3.22. The van der Waals surface area contributed by atoms with E-state index in [1.807, 2.05) is 24.3 Å². The summed E-state index contributed by atoms with van der Waals surface area (Å²) in [4.78, 5) is 5.20. The lowest BCUT2D eigenvalue weighted by Crippen LogP contribution is -2.57. The van der Waals surface area contributed by atoms with Crippen molar-refractivity contribution in [3.8, 4) is 0 Å². The summed E-state index contributed by atoms with van der Waals surface area (Å²) in [6, 6.07) is 15.2. The van der Waals surface area contributed by atoms with Crippen LogP contribution in [0.1, 0.15) is 18.4 Å². The molecule has 2 aliphatic heterocycles. The second-order valence-corrected chi connectivity index (χ2v) is 9.23. The van der Waals surface area contributed by atoms with Crippen LogP contribution in [0.5, 0.6) is 0 Å². The van der Waals surface area contributed by atoms with Crippen LogP contribution in [0.15, 0.2) is 58.4 Å². The van der Waals surface area contributed by atoms with Gasteiger partial charge in [-0.05, 0) is 55.8 Å². The average molecular weight is 385 g/mol. The van der Waals surface area contributed by atoms with E-state index < -0.39 is 9.84 Å². The molecule has 1 fully saturated rings. The number of nitrogens with one attached hydrogen (secondary N) is 3. The number of fused-ring (bicyclic) bond motifs is 1. The fourth-order valence-electron chi connectivity index (χ4n) is 3.72. The number of nitrogens with zero attached hydrogens (tertiary/aromatic N) is 1. The molecule has 4 rings (SSSR count). The zero-order chi connectivity index (χ0) is 18.9. The van der Waals surface area contributed by atoms with Crippen LogP contribution >= 0.6 is 0 Å². The van der Waals surface area contributed by atoms with Gasteiger partial charge >= 0.3 is 0 Å². The second-order valence-electron chi connectivity index (χ2n) is 7.21. The van der Waals surface area contributed by atoms with Gasteiger partial charge in [-0.15, -0.1) is 0 Å². The van der Waals surface area contributed by atoms with Crippen LogP contribution < -0.4 is 16.0 Å². The molecule has 27 heavy (non-hydrogen) atoms. The molecule has 7 heteroatoms. The molecule has 2 aromatic carbocycles. The predicted octanol–water partition coefficient (Wildman–Crippen LogP) is 2.65. The van der Waals surface area contributed by atoms with E-state index in [1.54, 1.807) is 18.2 Å². The summed E-state index contributed by atoms with van der Waals surface area (Å²) < 4.78 is 23.6. The summed E-state index contributed by atoms with van der Waals surface area (Å²) in [5.41, 5.74) is 2.78. The maximum atomic E-state index is 11.8. The van der Waals surface area contributed by atoms with Crippen molar-refractivity contribution in [3.05, 3.63) is 54.1 Å². The molecule has 0 radical (unpaired) electrons. The number of rotatable bonds is 3. The molecule has 142 valence electrons. The van der Waals surface area contributed by atoms with Crippen LogP contribution in [0.4, 0.5) is 11.4 Å². The van der Waals surface area contributed by atoms with Crippen molar-refractivity contribution < 1.29 is 8.42 Å². The van der Waals surface area contributed by atoms with Gasteiger partial charge in [0.05, 0.1) is 28.4 Å². The van der Waals surface area contributed by atoms with Crippen molar-refractivity contribution in [1.29, 1.82) is 0 Å². The van der Waals surface area contributed by atoms with Gasteiger partial charge in [-0.1, -0.05) is 24.3 Å². The molecule has 1 saturated heterocycles. The first-order valence-electron chi connectivity index (χ1n) is 9.15. The van der Waals surface area contributed by atoms with Gasteiger partial charge in [0.1, 0.15) is 5.84 Å². The van der Waals surface area contributed by atoms with Gasteiger partial charge in [0.2, 0.25) is 0 Å². The lowest BCUT2D eigenvalue weighted by Gasteiger charge is -2.44. The first kappa shape index (κ1) is 18.0. The fourth-order valence-corrected chi connectivity index (χ4v) is 4.41. The smallest absolute Gasteiger partial charge is 0.175 e. The Hall–Kier alpha value is -2.38. The standard InChI is InChI=1S/C20H24N4O2S/c1-27(25,26)16-6-4-5-15(13-16)14-22-19-20(9-11-21-12-10-20)24-18-8-3-2-7-17(18)23-19/h2-8,13,21,24H,9-12,14H2,1H3,(H,22,23). The average Bonchev–Trinajstić information content (AvgIpc) is 2.66. The monoisotopic (exact) mass is 384 g/mol. The Balaban J connectivity index is 1.66. The summed E-state index contributed by atoms with van der Waals surface area (Å²) in [6.45, 7) is 2.30. The summed E-state index contributed by atoms with van der Waals surface area (Å²) in [5, 5.41) is 10.6.